The van der Waals surface area contributed by atoms with Crippen LogP contribution in [0.3, 0.4) is 0 Å². The van der Waals surface area contributed by atoms with Crippen molar-refractivity contribution in [3.05, 3.63) is 0 Å². The Hall–Kier alpha value is -0.610. The van der Waals surface area contributed by atoms with Crippen molar-refractivity contribution in [2.75, 3.05) is 19.7 Å². The highest BCUT2D eigenvalue weighted by molar-refractivity contribution is 5.89. The largest absolute Gasteiger partial charge is 0.378 e. The molecular formula is C17H34N2O2. The second kappa shape index (κ2) is 7.10. The highest BCUT2D eigenvalue weighted by Gasteiger charge is 2.63. The minimum atomic E-state index is -0.783. The second-order valence-corrected chi connectivity index (χ2v) is 6.87. The molecule has 1 rings (SSSR count). The summed E-state index contributed by atoms with van der Waals surface area (Å²) in [6.45, 7) is 14.7. The van der Waals surface area contributed by atoms with Gasteiger partial charge in [0.1, 0.15) is 5.54 Å². The van der Waals surface area contributed by atoms with E-state index in [4.69, 9.17) is 10.5 Å². The van der Waals surface area contributed by atoms with Crippen molar-refractivity contribution in [1.82, 2.24) is 4.90 Å². The number of carbonyl (C=O) groups excluding carboxylic acids is 1. The maximum Gasteiger partial charge on any atom is 0.243 e. The fourth-order valence-electron chi connectivity index (χ4n) is 3.29. The molecule has 0 radical (unpaired) electrons. The Balaban J connectivity index is 2.81. The van der Waals surface area contributed by atoms with Crippen molar-refractivity contribution in [2.24, 2.45) is 17.1 Å². The van der Waals surface area contributed by atoms with Crippen LogP contribution < -0.4 is 5.73 Å². The van der Waals surface area contributed by atoms with Crippen molar-refractivity contribution < 1.29 is 9.53 Å². The SMILES string of the molecule is CCOC1CC(N)(C(=O)N(CC)CC(CC)CC)C1(C)C. The molecule has 1 saturated carbocycles. The van der Waals surface area contributed by atoms with Crippen LogP contribution in [0.4, 0.5) is 0 Å². The van der Waals surface area contributed by atoms with E-state index in [1.54, 1.807) is 0 Å². The Kier molecular flexibility index (Phi) is 6.23. The van der Waals surface area contributed by atoms with E-state index in [0.717, 1.165) is 25.9 Å². The molecule has 1 amide bonds. The highest BCUT2D eigenvalue weighted by atomic mass is 16.5. The van der Waals surface area contributed by atoms with Gasteiger partial charge in [0.2, 0.25) is 5.91 Å². The lowest BCUT2D eigenvalue weighted by Crippen LogP contribution is -2.76. The molecular weight excluding hydrogens is 264 g/mol. The molecule has 4 heteroatoms. The molecule has 2 unspecified atom stereocenters. The van der Waals surface area contributed by atoms with Gasteiger partial charge in [-0.1, -0.05) is 40.5 Å². The quantitative estimate of drug-likeness (QED) is 0.749. The van der Waals surface area contributed by atoms with Crippen LogP contribution >= 0.6 is 0 Å². The first kappa shape index (κ1) is 18.4. The average Bonchev–Trinajstić information content (AvgIpc) is 2.47. The minimum absolute atomic E-state index is 0.0864. The van der Waals surface area contributed by atoms with Crippen LogP contribution in [-0.2, 0) is 9.53 Å². The summed E-state index contributed by atoms with van der Waals surface area (Å²) in [6, 6.07) is 0. The third-order valence-electron chi connectivity index (χ3n) is 5.51. The fourth-order valence-corrected chi connectivity index (χ4v) is 3.29. The molecule has 0 bridgehead atoms. The van der Waals surface area contributed by atoms with Crippen LogP contribution in [0, 0.1) is 11.3 Å². The zero-order valence-electron chi connectivity index (χ0n) is 14.7. The first-order chi connectivity index (χ1) is 9.78. The highest BCUT2D eigenvalue weighted by Crippen LogP contribution is 2.50. The van der Waals surface area contributed by atoms with Gasteiger partial charge >= 0.3 is 0 Å². The monoisotopic (exact) mass is 298 g/mol. The number of nitrogens with two attached hydrogens (primary N) is 1. The molecule has 0 heterocycles. The summed E-state index contributed by atoms with van der Waals surface area (Å²) in [7, 11) is 0. The molecule has 4 nitrogen and oxygen atoms in total. The van der Waals surface area contributed by atoms with Crippen molar-refractivity contribution in [2.45, 2.75) is 72.4 Å². The number of amides is 1. The van der Waals surface area contributed by atoms with E-state index in [1.807, 2.05) is 18.7 Å². The fraction of sp³-hybridized carbons (Fsp3) is 0.941. The Morgan fingerprint density at radius 2 is 1.86 bits per heavy atom. The van der Waals surface area contributed by atoms with Crippen LogP contribution in [-0.4, -0.2) is 42.1 Å². The van der Waals surface area contributed by atoms with E-state index in [9.17, 15) is 4.79 Å². The standard InChI is InChI=1S/C17H34N2O2/c1-7-13(8-2)12-19(9-3)15(20)17(18)11-14(21-10-4)16(17,5)6/h13-14H,7-12,18H2,1-6H3. The molecule has 0 aromatic heterocycles. The van der Waals surface area contributed by atoms with Crippen molar-refractivity contribution >= 4 is 5.91 Å². The molecule has 1 aliphatic rings. The molecule has 1 fully saturated rings. The normalized spacial score (nSPS) is 27.5. The van der Waals surface area contributed by atoms with Gasteiger partial charge in [-0.05, 0) is 19.8 Å². The first-order valence-electron chi connectivity index (χ1n) is 8.48. The molecule has 1 aliphatic carbocycles. The van der Waals surface area contributed by atoms with Crippen molar-refractivity contribution in [3.8, 4) is 0 Å². The second-order valence-electron chi connectivity index (χ2n) is 6.87. The van der Waals surface area contributed by atoms with E-state index >= 15 is 0 Å². The van der Waals surface area contributed by atoms with E-state index in [1.165, 1.54) is 0 Å². The zero-order valence-corrected chi connectivity index (χ0v) is 14.7. The van der Waals surface area contributed by atoms with Gasteiger partial charge in [-0.3, -0.25) is 4.79 Å². The Bertz CT molecular complexity index is 353. The van der Waals surface area contributed by atoms with Gasteiger partial charge in [0.15, 0.2) is 0 Å². The summed E-state index contributed by atoms with van der Waals surface area (Å²) >= 11 is 0. The summed E-state index contributed by atoms with van der Waals surface area (Å²) in [4.78, 5) is 14.9. The Morgan fingerprint density at radius 1 is 1.29 bits per heavy atom. The van der Waals surface area contributed by atoms with Crippen LogP contribution in [0.25, 0.3) is 0 Å². The number of hydrogen-bond acceptors (Lipinski definition) is 3. The summed E-state index contributed by atoms with van der Waals surface area (Å²) < 4.78 is 5.72. The third kappa shape index (κ3) is 3.26. The van der Waals surface area contributed by atoms with Crippen LogP contribution in [0.1, 0.15) is 60.8 Å². The first-order valence-corrected chi connectivity index (χ1v) is 8.48. The maximum absolute atomic E-state index is 13.0. The van der Waals surface area contributed by atoms with Crippen molar-refractivity contribution in [3.63, 3.8) is 0 Å². The number of hydrogen-bond donors (Lipinski definition) is 1. The van der Waals surface area contributed by atoms with Crippen molar-refractivity contribution in [1.29, 1.82) is 0 Å². The van der Waals surface area contributed by atoms with E-state index in [0.29, 0.717) is 18.9 Å². The zero-order chi connectivity index (χ0) is 16.3. The van der Waals surface area contributed by atoms with Gasteiger partial charge < -0.3 is 15.4 Å². The summed E-state index contributed by atoms with van der Waals surface area (Å²) in [5.41, 5.74) is 5.42. The molecule has 2 N–H and O–H groups in total. The topological polar surface area (TPSA) is 55.6 Å². The van der Waals surface area contributed by atoms with E-state index in [2.05, 4.69) is 27.7 Å². The minimum Gasteiger partial charge on any atom is -0.378 e. The lowest BCUT2D eigenvalue weighted by Gasteiger charge is -2.58. The lowest BCUT2D eigenvalue weighted by molar-refractivity contribution is -0.179. The number of ether oxygens (including phenoxy) is 1. The molecule has 0 spiro atoms. The molecule has 0 aromatic carbocycles. The smallest absolute Gasteiger partial charge is 0.243 e. The van der Waals surface area contributed by atoms with Gasteiger partial charge in [0.25, 0.3) is 0 Å². The lowest BCUT2D eigenvalue weighted by atomic mass is 9.54. The van der Waals surface area contributed by atoms with Gasteiger partial charge in [-0.2, -0.15) is 0 Å². The van der Waals surface area contributed by atoms with Crippen LogP contribution in [0.5, 0.6) is 0 Å². The number of nitrogens with zero attached hydrogens (tertiary/aromatic N) is 1. The molecule has 124 valence electrons. The van der Waals surface area contributed by atoms with E-state index in [-0.39, 0.29) is 17.4 Å². The molecule has 0 aliphatic heterocycles. The molecule has 21 heavy (non-hydrogen) atoms. The number of likely N-dealkylation sites (N-methyl/N-ethyl adjacent to an activating group) is 1. The number of rotatable bonds is 8. The maximum atomic E-state index is 13.0. The summed E-state index contributed by atoms with van der Waals surface area (Å²) in [6.07, 6.45) is 2.92. The van der Waals surface area contributed by atoms with Gasteiger partial charge in [-0.25, -0.2) is 0 Å². The third-order valence-corrected chi connectivity index (χ3v) is 5.51. The van der Waals surface area contributed by atoms with Crippen LogP contribution in [0.2, 0.25) is 0 Å². The molecule has 0 saturated heterocycles. The van der Waals surface area contributed by atoms with Crippen LogP contribution in [0.15, 0.2) is 0 Å². The average molecular weight is 298 g/mol. The summed E-state index contributed by atoms with van der Waals surface area (Å²) in [5.74, 6) is 0.654. The molecule has 2 atom stereocenters. The Morgan fingerprint density at radius 3 is 2.24 bits per heavy atom. The Labute approximate surface area is 130 Å². The predicted octanol–water partition coefficient (Wildman–Crippen LogP) is 2.80. The van der Waals surface area contributed by atoms with Gasteiger partial charge in [-0.15, -0.1) is 0 Å². The predicted molar refractivity (Wildman–Crippen MR) is 87.1 cm³/mol. The van der Waals surface area contributed by atoms with E-state index < -0.39 is 5.54 Å². The van der Waals surface area contributed by atoms with Gasteiger partial charge in [0, 0.05) is 31.5 Å². The molecule has 0 aromatic rings. The summed E-state index contributed by atoms with van der Waals surface area (Å²) in [5, 5.41) is 0. The number of carbonyl (C=O) groups is 1. The van der Waals surface area contributed by atoms with Gasteiger partial charge in [0.05, 0.1) is 6.10 Å².